The van der Waals surface area contributed by atoms with Gasteiger partial charge in [-0.1, -0.05) is 11.6 Å². The van der Waals surface area contributed by atoms with Crippen LogP contribution in [0.4, 0.5) is 24.5 Å². The van der Waals surface area contributed by atoms with Gasteiger partial charge in [0.05, 0.1) is 28.9 Å². The highest BCUT2D eigenvalue weighted by Gasteiger charge is 2.35. The van der Waals surface area contributed by atoms with E-state index in [0.717, 1.165) is 25.3 Å². The molecule has 0 radical (unpaired) electrons. The Morgan fingerprint density at radius 3 is 2.65 bits per heavy atom. The Balaban J connectivity index is 2.44. The third-order valence-corrected chi connectivity index (χ3v) is 3.90. The van der Waals surface area contributed by atoms with E-state index in [9.17, 15) is 18.3 Å². The standard InChI is InChI=1S/C13H16ClF3N2O/c14-11-6-9(5-10(12(11)18)13(15,16)17)19-4-2-1-3-8(19)7-20/h5-6,8,20H,1-4,7,18H2. The molecule has 0 aromatic heterocycles. The number of nitrogen functional groups attached to an aromatic ring is 1. The fourth-order valence-electron chi connectivity index (χ4n) is 2.53. The number of piperidine rings is 1. The molecule has 1 fully saturated rings. The van der Waals surface area contributed by atoms with Gasteiger partial charge in [-0.25, -0.2) is 0 Å². The molecule has 2 rings (SSSR count). The monoisotopic (exact) mass is 308 g/mol. The van der Waals surface area contributed by atoms with Crippen LogP contribution >= 0.6 is 11.6 Å². The predicted molar refractivity (Wildman–Crippen MR) is 72.9 cm³/mol. The van der Waals surface area contributed by atoms with Gasteiger partial charge in [-0.05, 0) is 31.4 Å². The van der Waals surface area contributed by atoms with Gasteiger partial charge in [0.2, 0.25) is 0 Å². The largest absolute Gasteiger partial charge is 0.418 e. The number of hydrogen-bond donors (Lipinski definition) is 2. The summed E-state index contributed by atoms with van der Waals surface area (Å²) in [7, 11) is 0. The van der Waals surface area contributed by atoms with Crippen molar-refractivity contribution in [3.63, 3.8) is 0 Å². The summed E-state index contributed by atoms with van der Waals surface area (Å²) < 4.78 is 38.8. The van der Waals surface area contributed by atoms with Gasteiger partial charge >= 0.3 is 6.18 Å². The zero-order valence-corrected chi connectivity index (χ0v) is 11.5. The van der Waals surface area contributed by atoms with Crippen LogP contribution in [0, 0.1) is 0 Å². The van der Waals surface area contributed by atoms with Gasteiger partial charge in [0.25, 0.3) is 0 Å². The summed E-state index contributed by atoms with van der Waals surface area (Å²) in [5, 5.41) is 9.24. The Hall–Kier alpha value is -1.14. The second kappa shape index (κ2) is 5.69. The van der Waals surface area contributed by atoms with Gasteiger partial charge < -0.3 is 15.7 Å². The highest BCUT2D eigenvalue weighted by molar-refractivity contribution is 6.33. The summed E-state index contributed by atoms with van der Waals surface area (Å²) in [6.45, 7) is 0.506. The maximum absolute atomic E-state index is 12.9. The van der Waals surface area contributed by atoms with Crippen LogP contribution in [0.15, 0.2) is 12.1 Å². The quantitative estimate of drug-likeness (QED) is 0.824. The average Bonchev–Trinajstić information content (AvgIpc) is 2.40. The summed E-state index contributed by atoms with van der Waals surface area (Å²) in [6.07, 6.45) is -1.97. The number of anilines is 2. The predicted octanol–water partition coefficient (Wildman–Crippen LogP) is 3.29. The van der Waals surface area contributed by atoms with Crippen molar-refractivity contribution in [1.29, 1.82) is 0 Å². The van der Waals surface area contributed by atoms with Crippen LogP contribution in [0.2, 0.25) is 5.02 Å². The molecule has 1 aliphatic rings. The fourth-order valence-corrected chi connectivity index (χ4v) is 2.75. The van der Waals surface area contributed by atoms with Crippen molar-refractivity contribution in [3.8, 4) is 0 Å². The van der Waals surface area contributed by atoms with Gasteiger partial charge in [-0.2, -0.15) is 13.2 Å². The van der Waals surface area contributed by atoms with Crippen molar-refractivity contribution in [1.82, 2.24) is 0 Å². The van der Waals surface area contributed by atoms with E-state index in [4.69, 9.17) is 17.3 Å². The molecule has 1 aromatic rings. The molecule has 3 nitrogen and oxygen atoms in total. The Kier molecular flexibility index (Phi) is 4.34. The molecule has 0 bridgehead atoms. The Morgan fingerprint density at radius 1 is 1.35 bits per heavy atom. The molecule has 1 saturated heterocycles. The van der Waals surface area contributed by atoms with Crippen LogP contribution < -0.4 is 10.6 Å². The van der Waals surface area contributed by atoms with Crippen molar-refractivity contribution in [3.05, 3.63) is 22.7 Å². The topological polar surface area (TPSA) is 49.5 Å². The van der Waals surface area contributed by atoms with E-state index in [0.29, 0.717) is 12.2 Å². The lowest BCUT2D eigenvalue weighted by Gasteiger charge is -2.37. The highest BCUT2D eigenvalue weighted by atomic mass is 35.5. The maximum Gasteiger partial charge on any atom is 0.418 e. The minimum absolute atomic E-state index is 0.0939. The summed E-state index contributed by atoms with van der Waals surface area (Å²) >= 11 is 5.82. The summed E-state index contributed by atoms with van der Waals surface area (Å²) in [5.74, 6) is 0. The van der Waals surface area contributed by atoms with Crippen molar-refractivity contribution >= 4 is 23.0 Å². The van der Waals surface area contributed by atoms with E-state index < -0.39 is 17.4 Å². The number of nitrogens with zero attached hydrogens (tertiary/aromatic N) is 1. The minimum atomic E-state index is -4.55. The number of benzene rings is 1. The number of hydrogen-bond acceptors (Lipinski definition) is 3. The number of aliphatic hydroxyl groups is 1. The molecule has 1 heterocycles. The van der Waals surface area contributed by atoms with Crippen LogP contribution in [0.3, 0.4) is 0 Å². The van der Waals surface area contributed by atoms with Crippen LogP contribution in [-0.4, -0.2) is 24.3 Å². The van der Waals surface area contributed by atoms with E-state index in [2.05, 4.69) is 0 Å². The zero-order valence-electron chi connectivity index (χ0n) is 10.8. The van der Waals surface area contributed by atoms with Crippen molar-refractivity contribution < 1.29 is 18.3 Å². The molecular weight excluding hydrogens is 293 g/mol. The molecular formula is C13H16ClF3N2O. The molecule has 0 amide bonds. The smallest absolute Gasteiger partial charge is 0.397 e. The van der Waals surface area contributed by atoms with E-state index in [1.807, 2.05) is 0 Å². The molecule has 1 unspecified atom stereocenters. The van der Waals surface area contributed by atoms with Gasteiger partial charge in [0.15, 0.2) is 0 Å². The summed E-state index contributed by atoms with van der Waals surface area (Å²) in [5.41, 5.74) is 4.38. The van der Waals surface area contributed by atoms with Gasteiger partial charge in [-0.3, -0.25) is 0 Å². The van der Waals surface area contributed by atoms with Crippen LogP contribution in [0.5, 0.6) is 0 Å². The Labute approximate surface area is 120 Å². The molecule has 1 aromatic carbocycles. The van der Waals surface area contributed by atoms with Crippen molar-refractivity contribution in [2.75, 3.05) is 23.8 Å². The van der Waals surface area contributed by atoms with Crippen LogP contribution in [0.1, 0.15) is 24.8 Å². The average molecular weight is 309 g/mol. The van der Waals surface area contributed by atoms with E-state index in [-0.39, 0.29) is 17.7 Å². The number of nitrogens with two attached hydrogens (primary N) is 1. The SMILES string of the molecule is Nc1c(Cl)cc(N2CCCCC2CO)cc1C(F)(F)F. The fraction of sp³-hybridized carbons (Fsp3) is 0.538. The van der Waals surface area contributed by atoms with Crippen molar-refractivity contribution in [2.45, 2.75) is 31.5 Å². The van der Waals surface area contributed by atoms with Gasteiger partial charge in [0.1, 0.15) is 0 Å². The molecule has 0 saturated carbocycles. The first kappa shape index (κ1) is 15.3. The second-order valence-corrected chi connectivity index (χ2v) is 5.32. The molecule has 1 atom stereocenters. The van der Waals surface area contributed by atoms with Crippen LogP contribution in [0.25, 0.3) is 0 Å². The zero-order chi connectivity index (χ0) is 14.9. The molecule has 20 heavy (non-hydrogen) atoms. The molecule has 112 valence electrons. The summed E-state index contributed by atoms with van der Waals surface area (Å²) in [6, 6.07) is 2.26. The third-order valence-electron chi connectivity index (χ3n) is 3.59. The normalized spacial score (nSPS) is 20.2. The first-order valence-electron chi connectivity index (χ1n) is 6.38. The van der Waals surface area contributed by atoms with E-state index >= 15 is 0 Å². The van der Waals surface area contributed by atoms with Gasteiger partial charge in [0, 0.05) is 12.2 Å². The van der Waals surface area contributed by atoms with Crippen LogP contribution in [-0.2, 0) is 6.18 Å². The Bertz CT molecular complexity index is 493. The van der Waals surface area contributed by atoms with Gasteiger partial charge in [-0.15, -0.1) is 0 Å². The molecule has 1 aliphatic heterocycles. The maximum atomic E-state index is 12.9. The number of aliphatic hydroxyl groups excluding tert-OH is 1. The Morgan fingerprint density at radius 2 is 2.05 bits per heavy atom. The third kappa shape index (κ3) is 2.96. The van der Waals surface area contributed by atoms with Crippen molar-refractivity contribution in [2.24, 2.45) is 0 Å². The first-order chi connectivity index (χ1) is 9.34. The molecule has 0 spiro atoms. The molecule has 0 aliphatic carbocycles. The lowest BCUT2D eigenvalue weighted by molar-refractivity contribution is -0.136. The summed E-state index contributed by atoms with van der Waals surface area (Å²) in [4.78, 5) is 1.77. The van der Waals surface area contributed by atoms with E-state index in [1.54, 1.807) is 4.90 Å². The highest BCUT2D eigenvalue weighted by Crippen LogP contribution is 2.40. The number of alkyl halides is 3. The first-order valence-corrected chi connectivity index (χ1v) is 6.76. The number of rotatable bonds is 2. The lowest BCUT2D eigenvalue weighted by Crippen LogP contribution is -2.42. The lowest BCUT2D eigenvalue weighted by atomic mass is 10.0. The van der Waals surface area contributed by atoms with E-state index in [1.165, 1.54) is 6.07 Å². The second-order valence-electron chi connectivity index (χ2n) is 4.91. The minimum Gasteiger partial charge on any atom is -0.397 e. The molecule has 7 heteroatoms. The number of halogens is 4. The molecule has 3 N–H and O–H groups in total.